The normalized spacial score (nSPS) is 29.4. The molecular weight excluding hydrogens is 628 g/mol. The molecular formula is C31H36N8O9. The number of phenols is 1. The number of benzene rings is 1. The number of phenolic OH excluding ortho intramolecular Hbond substituents is 1. The van der Waals surface area contributed by atoms with Crippen molar-refractivity contribution in [3.05, 3.63) is 34.7 Å². The molecule has 48 heavy (non-hydrogen) atoms. The van der Waals surface area contributed by atoms with Crippen LogP contribution < -0.4 is 27.4 Å². The number of ether oxygens (including phenoxy) is 1. The van der Waals surface area contributed by atoms with Gasteiger partial charge in [0.05, 0.1) is 29.8 Å². The Morgan fingerprint density at radius 2 is 1.85 bits per heavy atom. The Bertz CT molecular complexity index is 1830. The first-order valence-corrected chi connectivity index (χ1v) is 14.9. The van der Waals surface area contributed by atoms with Crippen molar-refractivity contribution in [2.75, 3.05) is 45.0 Å². The third kappa shape index (κ3) is 4.58. The second kappa shape index (κ2) is 11.5. The molecule has 2 aromatic rings. The number of hydrogen-bond donors (Lipinski definition) is 5. The Kier molecular flexibility index (Phi) is 8.19. The minimum absolute atomic E-state index is 0.0867. The number of nitrogens with two attached hydrogens (primary N) is 3. The monoisotopic (exact) mass is 664 g/mol. The highest BCUT2D eigenvalue weighted by Crippen LogP contribution is 2.57. The van der Waals surface area contributed by atoms with Crippen molar-refractivity contribution in [1.29, 1.82) is 5.26 Å². The lowest BCUT2D eigenvalue weighted by atomic mass is 9.42. The van der Waals surface area contributed by atoms with Gasteiger partial charge in [0, 0.05) is 37.4 Å². The van der Waals surface area contributed by atoms with Crippen LogP contribution in [0.1, 0.15) is 45.3 Å². The first kappa shape index (κ1) is 34.2. The fourth-order valence-electron chi connectivity index (χ4n) is 7.67. The molecule has 2 unspecified atom stereocenters. The summed E-state index contributed by atoms with van der Waals surface area (Å²) in [6.45, 7) is 1.60. The summed E-state index contributed by atoms with van der Waals surface area (Å²) in [4.78, 5) is 87.9. The summed E-state index contributed by atoms with van der Waals surface area (Å²) in [6.07, 6.45) is 0.346. The molecule has 1 heterocycles. The average molecular weight is 665 g/mol. The highest BCUT2D eigenvalue weighted by Gasteiger charge is 2.78. The topological polar surface area (TPSA) is 278 Å². The maximum absolute atomic E-state index is 14.6. The van der Waals surface area contributed by atoms with Crippen LogP contribution in [0.3, 0.4) is 0 Å². The fraction of sp³-hybridized carbons (Fsp3) is 0.484. The number of amides is 1. The molecule has 254 valence electrons. The van der Waals surface area contributed by atoms with E-state index >= 15 is 0 Å². The molecule has 3 aliphatic rings. The van der Waals surface area contributed by atoms with Crippen molar-refractivity contribution in [2.24, 2.45) is 34.5 Å². The number of aromatic nitrogens is 1. The van der Waals surface area contributed by atoms with Gasteiger partial charge in [-0.1, -0.05) is 0 Å². The third-order valence-corrected chi connectivity index (χ3v) is 9.55. The van der Waals surface area contributed by atoms with E-state index in [1.54, 1.807) is 38.1 Å². The Hall–Kier alpha value is -5.18. The zero-order valence-corrected chi connectivity index (χ0v) is 26.9. The Labute approximate surface area is 274 Å². The van der Waals surface area contributed by atoms with Crippen molar-refractivity contribution in [3.8, 4) is 11.8 Å². The number of likely N-dealkylation sites (N-methyl/N-ethyl adjacent to an activating group) is 1. The zero-order chi connectivity index (χ0) is 35.7. The standard InChI is InChI=1S/C31H36N8O9/c1-6-47-27(46)15-10-48-28(37-15)36-9-13-7-16(38(2)3)14-8-29(34)11-31(35)23(39(4)5)22(42)18(26(33)45)24(43)30(31,12-32)25(44)19(29)21(41)17(14)20(13)40/h7,10,18-19,23,40H,6,8-9,11,34-35H2,1-5H3,(H2,33,45)(H,36,37)/t18?,19?,23-,29-,30+,31-/m1/s1. The van der Waals surface area contributed by atoms with E-state index in [0.29, 0.717) is 5.69 Å². The average Bonchev–Trinajstić information content (AvgIpc) is 3.45. The maximum atomic E-state index is 14.6. The minimum Gasteiger partial charge on any atom is -0.507 e. The Morgan fingerprint density at radius 1 is 1.19 bits per heavy atom. The number of carbonyl (C=O) groups excluding carboxylic acids is 6. The molecule has 1 amide bonds. The number of Topliss-reactive ketones (excluding diaryl/α,β-unsaturated/α-hetero) is 4. The summed E-state index contributed by atoms with van der Waals surface area (Å²) in [5.41, 5.74) is 12.8. The first-order valence-electron chi connectivity index (χ1n) is 14.9. The number of ketones is 4. The zero-order valence-electron chi connectivity index (χ0n) is 26.9. The minimum atomic E-state index is -2.85. The predicted molar refractivity (Wildman–Crippen MR) is 165 cm³/mol. The van der Waals surface area contributed by atoms with Gasteiger partial charge in [-0.05, 0) is 45.5 Å². The van der Waals surface area contributed by atoms with Crippen LogP contribution in [0, 0.1) is 28.6 Å². The molecule has 0 saturated heterocycles. The van der Waals surface area contributed by atoms with E-state index in [4.69, 9.17) is 26.4 Å². The van der Waals surface area contributed by atoms with E-state index in [1.807, 2.05) is 0 Å². The van der Waals surface area contributed by atoms with Gasteiger partial charge in [-0.2, -0.15) is 10.2 Å². The number of aromatic hydroxyl groups is 1. The predicted octanol–water partition coefficient (Wildman–Crippen LogP) is -1.35. The van der Waals surface area contributed by atoms with Crippen LogP contribution in [0.15, 0.2) is 16.7 Å². The number of rotatable bonds is 8. The number of hydrogen-bond acceptors (Lipinski definition) is 16. The van der Waals surface area contributed by atoms with Gasteiger partial charge in [0.1, 0.15) is 17.9 Å². The highest BCUT2D eigenvalue weighted by molar-refractivity contribution is 6.33. The molecule has 0 spiro atoms. The number of oxazole rings is 1. The number of primary amides is 1. The number of anilines is 2. The molecule has 0 bridgehead atoms. The van der Waals surface area contributed by atoms with E-state index in [-0.39, 0.29) is 48.0 Å². The number of nitrogens with one attached hydrogen (secondary N) is 1. The van der Waals surface area contributed by atoms with E-state index in [0.717, 1.165) is 6.26 Å². The number of fused-ring (bicyclic) bond motifs is 3. The van der Waals surface area contributed by atoms with Gasteiger partial charge in [0.15, 0.2) is 40.2 Å². The summed E-state index contributed by atoms with van der Waals surface area (Å²) in [5, 5.41) is 24.9. The van der Waals surface area contributed by atoms with Gasteiger partial charge >= 0.3 is 5.97 Å². The second-order valence-corrected chi connectivity index (χ2v) is 12.9. The van der Waals surface area contributed by atoms with E-state index in [9.17, 15) is 39.1 Å². The summed E-state index contributed by atoms with van der Waals surface area (Å²) in [7, 11) is 6.24. The quantitative estimate of drug-likeness (QED) is 0.161. The number of esters is 1. The van der Waals surface area contributed by atoms with Crippen molar-refractivity contribution >= 4 is 46.7 Å². The van der Waals surface area contributed by atoms with Gasteiger partial charge < -0.3 is 41.7 Å². The van der Waals surface area contributed by atoms with Crippen LogP contribution in [0.5, 0.6) is 5.75 Å². The van der Waals surface area contributed by atoms with Crippen LogP contribution in [-0.2, 0) is 36.9 Å². The summed E-state index contributed by atoms with van der Waals surface area (Å²) >= 11 is 0. The summed E-state index contributed by atoms with van der Waals surface area (Å²) in [5.74, 6) is -11.2. The van der Waals surface area contributed by atoms with Gasteiger partial charge in [-0.3, -0.25) is 28.9 Å². The smallest absolute Gasteiger partial charge is 0.360 e. The van der Waals surface area contributed by atoms with Crippen LogP contribution in [-0.4, -0.2) is 102 Å². The molecule has 0 aliphatic heterocycles. The summed E-state index contributed by atoms with van der Waals surface area (Å²) in [6, 6.07) is 1.68. The lowest BCUT2D eigenvalue weighted by molar-refractivity contribution is -0.166. The SMILES string of the molecule is CCOC(=O)c1coc(NCc2cc(N(C)C)c3c(c2O)C(=O)C2C(=O)[C@]4(C#N)C(=O)C(C(N)=O)C(=O)[C@@H](N(C)C)[C@]4(N)C[C@]2(N)C3)n1. The summed E-state index contributed by atoms with van der Waals surface area (Å²) < 4.78 is 10.2. The van der Waals surface area contributed by atoms with Crippen LogP contribution in [0.2, 0.25) is 0 Å². The highest BCUT2D eigenvalue weighted by atomic mass is 16.5. The molecule has 17 heteroatoms. The Balaban J connectivity index is 1.63. The van der Waals surface area contributed by atoms with Gasteiger partial charge in [-0.25, -0.2) is 4.79 Å². The largest absolute Gasteiger partial charge is 0.507 e. The van der Waals surface area contributed by atoms with E-state index in [2.05, 4.69) is 10.3 Å². The molecule has 6 atom stereocenters. The molecule has 2 saturated carbocycles. The number of carbonyl (C=O) groups is 6. The van der Waals surface area contributed by atoms with E-state index < -0.39 is 81.6 Å². The molecule has 17 nitrogen and oxygen atoms in total. The Morgan fingerprint density at radius 3 is 2.42 bits per heavy atom. The maximum Gasteiger partial charge on any atom is 0.360 e. The van der Waals surface area contributed by atoms with Crippen LogP contribution in [0.25, 0.3) is 0 Å². The van der Waals surface area contributed by atoms with Gasteiger partial charge in [0.2, 0.25) is 5.91 Å². The van der Waals surface area contributed by atoms with Crippen molar-refractivity contribution in [3.63, 3.8) is 0 Å². The molecule has 8 N–H and O–H groups in total. The molecule has 1 aromatic carbocycles. The van der Waals surface area contributed by atoms with E-state index in [1.165, 1.54) is 19.0 Å². The number of nitriles is 1. The molecule has 1 aromatic heterocycles. The lowest BCUT2D eigenvalue weighted by Crippen LogP contribution is -2.85. The van der Waals surface area contributed by atoms with Crippen molar-refractivity contribution in [1.82, 2.24) is 9.88 Å². The second-order valence-electron chi connectivity index (χ2n) is 12.9. The van der Waals surface area contributed by atoms with Gasteiger partial charge in [0.25, 0.3) is 6.01 Å². The van der Waals surface area contributed by atoms with Gasteiger partial charge in [-0.15, -0.1) is 0 Å². The molecule has 5 rings (SSSR count). The molecule has 3 aliphatic carbocycles. The third-order valence-electron chi connectivity index (χ3n) is 9.55. The number of nitrogens with zero attached hydrogens (tertiary/aromatic N) is 4. The fourth-order valence-corrected chi connectivity index (χ4v) is 7.67. The van der Waals surface area contributed by atoms with Crippen LogP contribution >= 0.6 is 0 Å². The van der Waals surface area contributed by atoms with Crippen molar-refractivity contribution < 1.29 is 43.0 Å². The lowest BCUT2D eigenvalue weighted by Gasteiger charge is -2.60. The molecule has 0 radical (unpaired) electrons. The van der Waals surface area contributed by atoms with Crippen LogP contribution in [0.4, 0.5) is 11.7 Å². The molecule has 2 fully saturated rings. The van der Waals surface area contributed by atoms with Crippen molar-refractivity contribution in [2.45, 2.75) is 43.4 Å². The first-order chi connectivity index (χ1) is 22.4.